The molecule has 0 bridgehead atoms. The maximum atomic E-state index is 13.8. The number of benzene rings is 2. The first-order valence-electron chi connectivity index (χ1n) is 11.8. The fraction of sp³-hybridized carbons (Fsp3) is 0.296. The average molecular weight is 523 g/mol. The summed E-state index contributed by atoms with van der Waals surface area (Å²) in [4.78, 5) is 21.4. The van der Waals surface area contributed by atoms with Gasteiger partial charge in [0.25, 0.3) is 10.0 Å². The summed E-state index contributed by atoms with van der Waals surface area (Å²) >= 11 is 6.36. The predicted octanol–water partition coefficient (Wildman–Crippen LogP) is 4.37. The summed E-state index contributed by atoms with van der Waals surface area (Å²) in [6.45, 7) is 1.98. The minimum atomic E-state index is -4.02. The van der Waals surface area contributed by atoms with Crippen molar-refractivity contribution >= 4 is 39.6 Å². The summed E-state index contributed by atoms with van der Waals surface area (Å²) in [5.74, 6) is -0.214. The fourth-order valence-electron chi connectivity index (χ4n) is 5.05. The molecule has 2 atom stereocenters. The molecule has 36 heavy (non-hydrogen) atoms. The molecule has 1 aliphatic carbocycles. The number of fused-ring (bicyclic) bond motifs is 2. The van der Waals surface area contributed by atoms with Crippen molar-refractivity contribution in [3.8, 4) is 11.3 Å². The van der Waals surface area contributed by atoms with E-state index in [4.69, 9.17) is 11.6 Å². The predicted molar refractivity (Wildman–Crippen MR) is 142 cm³/mol. The van der Waals surface area contributed by atoms with Crippen LogP contribution in [0.4, 0.5) is 5.69 Å². The monoisotopic (exact) mass is 522 g/mol. The molecule has 0 radical (unpaired) electrons. The summed E-state index contributed by atoms with van der Waals surface area (Å²) in [6, 6.07) is 15.1. The van der Waals surface area contributed by atoms with Crippen molar-refractivity contribution in [1.29, 1.82) is 0 Å². The normalized spacial score (nSPS) is 18.9. The van der Waals surface area contributed by atoms with Crippen LogP contribution in [-0.4, -0.2) is 50.7 Å². The summed E-state index contributed by atoms with van der Waals surface area (Å²) in [7, 11) is -0.646. The van der Waals surface area contributed by atoms with Gasteiger partial charge in [-0.1, -0.05) is 29.8 Å². The summed E-state index contributed by atoms with van der Waals surface area (Å²) in [5, 5.41) is 0.112. The third kappa shape index (κ3) is 4.51. The largest absolute Gasteiger partial charge is 0.368 e. The number of pyridine rings is 1. The molecular formula is C27H27ClN4O3S. The first kappa shape index (κ1) is 24.5. The van der Waals surface area contributed by atoms with Gasteiger partial charge in [0.15, 0.2) is 0 Å². The van der Waals surface area contributed by atoms with Crippen LogP contribution in [0.2, 0.25) is 5.02 Å². The van der Waals surface area contributed by atoms with Crippen molar-refractivity contribution in [2.45, 2.75) is 37.1 Å². The molecule has 186 valence electrons. The molecule has 1 aliphatic heterocycles. The Hall–Kier alpha value is -3.23. The topological polar surface area (TPSA) is 82.9 Å². The second-order valence-electron chi connectivity index (χ2n) is 9.64. The standard InChI is InChI=1S/C27H27ClN4O3S/c1-17-10-21-14-23(28)26(36(34,35)30-16-31(2)3)15-25(21)32(17)27(33)22-11-18-7-8-19(12-20(18)13-22)24-6-4-5-9-29-24/h4-9,12,14-17,22H,10-11,13H2,1-3H3/b30-16+/t17-,22+/m0/s1. The number of carbonyl (C=O) groups excluding carboxylic acids is 1. The van der Waals surface area contributed by atoms with Gasteiger partial charge in [0, 0.05) is 43.5 Å². The summed E-state index contributed by atoms with van der Waals surface area (Å²) in [6.07, 6.45) is 4.90. The Labute approximate surface area is 216 Å². The zero-order valence-corrected chi connectivity index (χ0v) is 21.9. The van der Waals surface area contributed by atoms with Gasteiger partial charge in [-0.05, 0) is 73.2 Å². The Morgan fingerprint density at radius 3 is 2.58 bits per heavy atom. The molecule has 9 heteroatoms. The van der Waals surface area contributed by atoms with E-state index in [1.807, 2.05) is 25.1 Å². The molecule has 0 unspecified atom stereocenters. The van der Waals surface area contributed by atoms with Crippen LogP contribution in [0, 0.1) is 5.92 Å². The van der Waals surface area contributed by atoms with Crippen molar-refractivity contribution in [1.82, 2.24) is 9.88 Å². The van der Waals surface area contributed by atoms with Crippen LogP contribution in [0.15, 0.2) is 64.0 Å². The van der Waals surface area contributed by atoms with E-state index in [0.29, 0.717) is 24.9 Å². The van der Waals surface area contributed by atoms with Gasteiger partial charge in [0.2, 0.25) is 5.91 Å². The SMILES string of the molecule is C[C@H]1Cc2cc(Cl)c(S(=O)(=O)/N=C/N(C)C)cc2N1C(=O)[C@@H]1Cc2ccc(-c3ccccn3)cc2C1. The van der Waals surface area contributed by atoms with E-state index in [9.17, 15) is 13.2 Å². The quantitative estimate of drug-likeness (QED) is 0.367. The molecule has 0 spiro atoms. The number of sulfonamides is 1. The number of rotatable bonds is 5. The molecule has 0 fully saturated rings. The van der Waals surface area contributed by atoms with Crippen LogP contribution in [0.5, 0.6) is 0 Å². The smallest absolute Gasteiger partial charge is 0.285 e. The van der Waals surface area contributed by atoms with Gasteiger partial charge in [-0.25, -0.2) is 0 Å². The van der Waals surface area contributed by atoms with Gasteiger partial charge >= 0.3 is 0 Å². The number of carbonyl (C=O) groups is 1. The minimum absolute atomic E-state index is 0.000649. The molecule has 1 amide bonds. The van der Waals surface area contributed by atoms with Crippen molar-refractivity contribution in [2.24, 2.45) is 10.3 Å². The highest BCUT2D eigenvalue weighted by Crippen LogP contribution is 2.40. The summed E-state index contributed by atoms with van der Waals surface area (Å²) < 4.78 is 29.4. The van der Waals surface area contributed by atoms with Crippen molar-refractivity contribution in [3.63, 3.8) is 0 Å². The number of amides is 1. The lowest BCUT2D eigenvalue weighted by Crippen LogP contribution is -2.40. The Balaban J connectivity index is 1.43. The van der Waals surface area contributed by atoms with Gasteiger partial charge in [-0.2, -0.15) is 8.42 Å². The third-order valence-corrected chi connectivity index (χ3v) is 8.42. The third-order valence-electron chi connectivity index (χ3n) is 6.73. The van der Waals surface area contributed by atoms with Crippen molar-refractivity contribution in [3.05, 3.63) is 76.4 Å². The number of nitrogens with zero attached hydrogens (tertiary/aromatic N) is 4. The minimum Gasteiger partial charge on any atom is -0.368 e. The van der Waals surface area contributed by atoms with Crippen molar-refractivity contribution < 1.29 is 13.2 Å². The van der Waals surface area contributed by atoms with E-state index in [0.717, 1.165) is 27.9 Å². The number of anilines is 1. The van der Waals surface area contributed by atoms with Gasteiger partial charge in [0.05, 0.1) is 10.7 Å². The zero-order chi connectivity index (χ0) is 25.6. The highest BCUT2D eigenvalue weighted by atomic mass is 35.5. The Kier molecular flexibility index (Phi) is 6.34. The van der Waals surface area contributed by atoms with E-state index >= 15 is 0 Å². The van der Waals surface area contributed by atoms with Crippen LogP contribution in [-0.2, 0) is 34.1 Å². The second kappa shape index (κ2) is 9.33. The van der Waals surface area contributed by atoms with Gasteiger partial charge < -0.3 is 9.80 Å². The Morgan fingerprint density at radius 1 is 1.08 bits per heavy atom. The highest BCUT2D eigenvalue weighted by Gasteiger charge is 2.38. The van der Waals surface area contributed by atoms with E-state index in [1.165, 1.54) is 17.3 Å². The van der Waals surface area contributed by atoms with Crippen LogP contribution in [0.1, 0.15) is 23.6 Å². The maximum absolute atomic E-state index is 13.8. The lowest BCUT2D eigenvalue weighted by Gasteiger charge is -2.26. The highest BCUT2D eigenvalue weighted by molar-refractivity contribution is 7.90. The first-order chi connectivity index (χ1) is 17.1. The Bertz CT molecular complexity index is 1470. The van der Waals surface area contributed by atoms with E-state index < -0.39 is 10.0 Å². The molecule has 7 nitrogen and oxygen atoms in total. The van der Waals surface area contributed by atoms with Crippen LogP contribution in [0.25, 0.3) is 11.3 Å². The number of hydrogen-bond acceptors (Lipinski definition) is 4. The zero-order valence-electron chi connectivity index (χ0n) is 20.3. The molecule has 2 aliphatic rings. The van der Waals surface area contributed by atoms with Gasteiger partial charge in [-0.3, -0.25) is 9.78 Å². The van der Waals surface area contributed by atoms with E-state index in [-0.39, 0.29) is 27.8 Å². The van der Waals surface area contributed by atoms with Crippen molar-refractivity contribution in [2.75, 3.05) is 19.0 Å². The molecule has 1 aromatic heterocycles. The molecule has 3 aromatic rings. The molecule has 0 saturated carbocycles. The average Bonchev–Trinajstić information content (AvgIpc) is 3.41. The van der Waals surface area contributed by atoms with E-state index in [1.54, 1.807) is 31.3 Å². The first-order valence-corrected chi connectivity index (χ1v) is 13.6. The lowest BCUT2D eigenvalue weighted by atomic mass is 10.0. The van der Waals surface area contributed by atoms with Gasteiger partial charge in [-0.15, -0.1) is 4.40 Å². The molecule has 0 N–H and O–H groups in total. The molecular weight excluding hydrogens is 496 g/mol. The summed E-state index contributed by atoms with van der Waals surface area (Å²) in [5.41, 5.74) is 5.72. The maximum Gasteiger partial charge on any atom is 0.285 e. The lowest BCUT2D eigenvalue weighted by molar-refractivity contribution is -0.122. The number of aromatic nitrogens is 1. The van der Waals surface area contributed by atoms with E-state index in [2.05, 4.69) is 27.6 Å². The second-order valence-corrected chi connectivity index (χ2v) is 11.6. The molecule has 5 rings (SSSR count). The number of hydrogen-bond donors (Lipinski definition) is 0. The van der Waals surface area contributed by atoms with Crippen LogP contribution < -0.4 is 4.90 Å². The Morgan fingerprint density at radius 2 is 1.86 bits per heavy atom. The molecule has 0 saturated heterocycles. The number of halogens is 1. The van der Waals surface area contributed by atoms with Crippen LogP contribution >= 0.6 is 11.6 Å². The van der Waals surface area contributed by atoms with Gasteiger partial charge in [0.1, 0.15) is 11.2 Å². The van der Waals surface area contributed by atoms with Crippen LogP contribution in [0.3, 0.4) is 0 Å². The fourth-order valence-corrected chi connectivity index (χ4v) is 6.52. The molecule has 2 aromatic carbocycles. The molecule has 2 heterocycles.